The second-order valence-electron chi connectivity index (χ2n) is 3.94. The van der Waals surface area contributed by atoms with Gasteiger partial charge in [0.2, 0.25) is 5.89 Å². The molecule has 0 aliphatic carbocycles. The van der Waals surface area contributed by atoms with Crippen molar-refractivity contribution in [2.24, 2.45) is 0 Å². The van der Waals surface area contributed by atoms with Crippen molar-refractivity contribution < 1.29 is 4.42 Å². The Morgan fingerprint density at radius 1 is 1.44 bits per heavy atom. The summed E-state index contributed by atoms with van der Waals surface area (Å²) in [6, 6.07) is 0.503. The van der Waals surface area contributed by atoms with Gasteiger partial charge in [-0.15, -0.1) is 16.4 Å². The van der Waals surface area contributed by atoms with Gasteiger partial charge in [0.15, 0.2) is 0 Å². The molecule has 0 aliphatic heterocycles. The van der Waals surface area contributed by atoms with Crippen LogP contribution in [0.4, 0.5) is 6.01 Å². The van der Waals surface area contributed by atoms with Crippen molar-refractivity contribution in [3.05, 3.63) is 22.0 Å². The van der Waals surface area contributed by atoms with Gasteiger partial charge in [-0.1, -0.05) is 12.0 Å². The molecule has 0 spiro atoms. The van der Waals surface area contributed by atoms with Crippen molar-refractivity contribution >= 4 is 17.4 Å². The Balaban J connectivity index is 1.90. The van der Waals surface area contributed by atoms with Gasteiger partial charge in [0.25, 0.3) is 0 Å². The third kappa shape index (κ3) is 3.27. The molecule has 0 radical (unpaired) electrons. The van der Waals surface area contributed by atoms with E-state index < -0.39 is 0 Å². The lowest BCUT2D eigenvalue weighted by Gasteiger charge is -2.05. The zero-order valence-corrected chi connectivity index (χ0v) is 11.5. The maximum Gasteiger partial charge on any atom is 0.315 e. The second kappa shape index (κ2) is 5.92. The largest absolute Gasteiger partial charge is 0.406 e. The SMILES string of the molecule is CCNC(C)c1nnc(NCc2ncc(C)s2)o1. The van der Waals surface area contributed by atoms with Gasteiger partial charge in [0, 0.05) is 11.1 Å². The van der Waals surface area contributed by atoms with Gasteiger partial charge in [0.1, 0.15) is 5.01 Å². The summed E-state index contributed by atoms with van der Waals surface area (Å²) in [5, 5.41) is 15.2. The van der Waals surface area contributed by atoms with Crippen LogP contribution in [-0.2, 0) is 6.54 Å². The average Bonchev–Trinajstić information content (AvgIpc) is 2.95. The summed E-state index contributed by atoms with van der Waals surface area (Å²) in [6.45, 7) is 7.53. The lowest BCUT2D eigenvalue weighted by Crippen LogP contribution is -2.17. The van der Waals surface area contributed by atoms with Crippen LogP contribution in [0.5, 0.6) is 0 Å². The van der Waals surface area contributed by atoms with Crippen molar-refractivity contribution in [3.8, 4) is 0 Å². The summed E-state index contributed by atoms with van der Waals surface area (Å²) in [4.78, 5) is 5.45. The zero-order chi connectivity index (χ0) is 13.0. The Morgan fingerprint density at radius 3 is 2.94 bits per heavy atom. The number of anilines is 1. The molecule has 2 heterocycles. The molecule has 0 bridgehead atoms. The van der Waals surface area contributed by atoms with Crippen LogP contribution in [-0.4, -0.2) is 21.7 Å². The number of aryl methyl sites for hydroxylation is 1. The molecule has 0 aliphatic rings. The number of thiazole rings is 1. The van der Waals surface area contributed by atoms with E-state index in [4.69, 9.17) is 4.42 Å². The van der Waals surface area contributed by atoms with Gasteiger partial charge < -0.3 is 15.1 Å². The van der Waals surface area contributed by atoms with Crippen molar-refractivity contribution in [1.29, 1.82) is 0 Å². The molecule has 0 fully saturated rings. The molecule has 98 valence electrons. The summed E-state index contributed by atoms with van der Waals surface area (Å²) >= 11 is 1.65. The monoisotopic (exact) mass is 267 g/mol. The van der Waals surface area contributed by atoms with Gasteiger partial charge in [-0.25, -0.2) is 4.98 Å². The van der Waals surface area contributed by atoms with E-state index in [0.29, 0.717) is 18.5 Å². The quantitative estimate of drug-likeness (QED) is 0.835. The Hall–Kier alpha value is -1.47. The van der Waals surface area contributed by atoms with Crippen molar-refractivity contribution in [2.45, 2.75) is 33.4 Å². The van der Waals surface area contributed by atoms with Crippen LogP contribution in [0.2, 0.25) is 0 Å². The first-order chi connectivity index (χ1) is 8.69. The van der Waals surface area contributed by atoms with Gasteiger partial charge in [-0.2, -0.15) is 0 Å². The molecule has 1 unspecified atom stereocenters. The number of nitrogens with zero attached hydrogens (tertiary/aromatic N) is 3. The predicted molar refractivity (Wildman–Crippen MR) is 70.6 cm³/mol. The predicted octanol–water partition coefficient (Wildman–Crippen LogP) is 2.12. The lowest BCUT2D eigenvalue weighted by atomic mass is 10.3. The molecule has 2 rings (SSSR count). The standard InChI is InChI=1S/C11H17N5OS/c1-4-12-8(3)10-15-16-11(17-10)14-6-9-13-5-7(2)18-9/h5,8,12H,4,6H2,1-3H3,(H,14,16). The highest BCUT2D eigenvalue weighted by Gasteiger charge is 2.12. The molecule has 0 saturated carbocycles. The first-order valence-corrected chi connectivity index (χ1v) is 6.72. The minimum Gasteiger partial charge on any atom is -0.406 e. The van der Waals surface area contributed by atoms with E-state index in [2.05, 4.69) is 25.8 Å². The van der Waals surface area contributed by atoms with E-state index >= 15 is 0 Å². The van der Waals surface area contributed by atoms with E-state index in [-0.39, 0.29) is 6.04 Å². The van der Waals surface area contributed by atoms with Crippen LogP contribution in [0.15, 0.2) is 10.6 Å². The van der Waals surface area contributed by atoms with Gasteiger partial charge in [0.05, 0.1) is 12.6 Å². The fourth-order valence-corrected chi connectivity index (χ4v) is 2.24. The van der Waals surface area contributed by atoms with E-state index in [0.717, 1.165) is 11.6 Å². The maximum atomic E-state index is 5.51. The molecule has 0 aromatic carbocycles. The number of hydrogen-bond donors (Lipinski definition) is 2. The topological polar surface area (TPSA) is 75.9 Å². The molecule has 0 saturated heterocycles. The minimum absolute atomic E-state index is 0.0696. The van der Waals surface area contributed by atoms with Crippen molar-refractivity contribution in [1.82, 2.24) is 20.5 Å². The molecule has 7 heteroatoms. The fraction of sp³-hybridized carbons (Fsp3) is 0.545. The van der Waals surface area contributed by atoms with Crippen LogP contribution in [0.3, 0.4) is 0 Å². The molecule has 0 amide bonds. The fourth-order valence-electron chi connectivity index (χ4n) is 1.51. The molecule has 2 aromatic rings. The van der Waals surface area contributed by atoms with E-state index in [1.165, 1.54) is 4.88 Å². The first kappa shape index (κ1) is 13.0. The van der Waals surface area contributed by atoms with Gasteiger partial charge >= 0.3 is 6.01 Å². The lowest BCUT2D eigenvalue weighted by molar-refractivity contribution is 0.428. The molecular formula is C11H17N5OS. The Kier molecular flexibility index (Phi) is 4.27. The highest BCUT2D eigenvalue weighted by atomic mass is 32.1. The van der Waals surface area contributed by atoms with E-state index in [1.54, 1.807) is 11.3 Å². The number of rotatable bonds is 6. The summed E-state index contributed by atoms with van der Waals surface area (Å²) < 4.78 is 5.51. The van der Waals surface area contributed by atoms with Crippen LogP contribution in [0.1, 0.15) is 35.7 Å². The summed E-state index contributed by atoms with van der Waals surface area (Å²) in [5.41, 5.74) is 0. The summed E-state index contributed by atoms with van der Waals surface area (Å²) in [5.74, 6) is 0.592. The van der Waals surface area contributed by atoms with Gasteiger partial charge in [-0.05, 0) is 20.4 Å². The number of hydrogen-bond acceptors (Lipinski definition) is 7. The number of aromatic nitrogens is 3. The number of nitrogens with one attached hydrogen (secondary N) is 2. The van der Waals surface area contributed by atoms with E-state index in [9.17, 15) is 0 Å². The van der Waals surface area contributed by atoms with Crippen LogP contribution in [0, 0.1) is 6.92 Å². The molecule has 2 aromatic heterocycles. The Labute approximate surface area is 110 Å². The third-order valence-corrected chi connectivity index (χ3v) is 3.29. The summed E-state index contributed by atoms with van der Waals surface area (Å²) in [6.07, 6.45) is 1.86. The Morgan fingerprint density at radius 2 is 2.28 bits per heavy atom. The third-order valence-electron chi connectivity index (χ3n) is 2.38. The second-order valence-corrected chi connectivity index (χ2v) is 5.26. The molecule has 1 atom stereocenters. The first-order valence-electron chi connectivity index (χ1n) is 5.91. The highest BCUT2D eigenvalue weighted by molar-refractivity contribution is 7.11. The van der Waals surface area contributed by atoms with Crippen molar-refractivity contribution in [2.75, 3.05) is 11.9 Å². The minimum atomic E-state index is 0.0696. The molecule has 2 N–H and O–H groups in total. The van der Waals surface area contributed by atoms with Gasteiger partial charge in [-0.3, -0.25) is 0 Å². The van der Waals surface area contributed by atoms with E-state index in [1.807, 2.05) is 27.0 Å². The molecule has 18 heavy (non-hydrogen) atoms. The van der Waals surface area contributed by atoms with Crippen LogP contribution >= 0.6 is 11.3 Å². The highest BCUT2D eigenvalue weighted by Crippen LogP contribution is 2.16. The molecule has 6 nitrogen and oxygen atoms in total. The average molecular weight is 267 g/mol. The zero-order valence-electron chi connectivity index (χ0n) is 10.7. The van der Waals surface area contributed by atoms with Crippen molar-refractivity contribution in [3.63, 3.8) is 0 Å². The Bertz CT molecular complexity index is 495. The maximum absolute atomic E-state index is 5.51. The normalized spacial score (nSPS) is 12.6. The van der Waals surface area contributed by atoms with Crippen LogP contribution < -0.4 is 10.6 Å². The molecular weight excluding hydrogens is 250 g/mol. The van der Waals surface area contributed by atoms with Crippen LogP contribution in [0.25, 0.3) is 0 Å². The summed E-state index contributed by atoms with van der Waals surface area (Å²) in [7, 11) is 0. The smallest absolute Gasteiger partial charge is 0.315 e.